The molecule has 1 aromatic heterocycles. The van der Waals surface area contributed by atoms with Gasteiger partial charge in [0.2, 0.25) is 11.9 Å². The van der Waals surface area contributed by atoms with Gasteiger partial charge in [-0.05, 0) is 38.8 Å². The molecule has 1 heterocycles. The number of aromatic nitrogens is 3. The van der Waals surface area contributed by atoms with Crippen LogP contribution in [0, 0.1) is 0 Å². The largest absolute Gasteiger partial charge is 0.354 e. The third-order valence-electron chi connectivity index (χ3n) is 3.00. The molecule has 7 heteroatoms. The lowest BCUT2D eigenvalue weighted by atomic mass is 10.2. The van der Waals surface area contributed by atoms with Crippen molar-refractivity contribution in [2.45, 2.75) is 45.4 Å². The Morgan fingerprint density at radius 2 is 1.29 bits per heavy atom. The average Bonchev–Trinajstić information content (AvgIpc) is 2.48. The molecule has 0 aliphatic heterocycles. The Hall–Kier alpha value is -1.47. The molecule has 0 aromatic carbocycles. The van der Waals surface area contributed by atoms with Gasteiger partial charge in [0, 0.05) is 19.0 Å². The molecule has 1 rings (SSSR count). The van der Waals surface area contributed by atoms with Crippen molar-refractivity contribution in [3.8, 4) is 0 Å². The van der Waals surface area contributed by atoms with Crippen molar-refractivity contribution in [2.75, 3.05) is 36.8 Å². The van der Waals surface area contributed by atoms with E-state index in [-0.39, 0.29) is 5.92 Å². The Bertz CT molecular complexity index is 365. The van der Waals surface area contributed by atoms with Gasteiger partial charge in [-0.3, -0.25) is 0 Å². The topological polar surface area (TPSA) is 115 Å². The fraction of sp³-hybridized carbons (Fsp3) is 0.786. The molecule has 0 unspecified atom stereocenters. The summed E-state index contributed by atoms with van der Waals surface area (Å²) in [4.78, 5) is 13.3. The molecule has 1 aromatic rings. The molecule has 0 atom stereocenters. The summed E-state index contributed by atoms with van der Waals surface area (Å²) in [5.74, 6) is 2.33. The van der Waals surface area contributed by atoms with Crippen LogP contribution in [0.5, 0.6) is 0 Å². The molecular weight excluding hydrogens is 266 g/mol. The zero-order chi connectivity index (χ0) is 15.5. The number of hydrogen-bond acceptors (Lipinski definition) is 7. The van der Waals surface area contributed by atoms with Crippen LogP contribution in [-0.4, -0.2) is 41.1 Å². The van der Waals surface area contributed by atoms with E-state index in [4.69, 9.17) is 11.5 Å². The second-order valence-electron chi connectivity index (χ2n) is 5.34. The summed E-state index contributed by atoms with van der Waals surface area (Å²) in [6, 6.07) is 0. The highest BCUT2D eigenvalue weighted by molar-refractivity contribution is 5.34. The highest BCUT2D eigenvalue weighted by atomic mass is 15.2. The lowest BCUT2D eigenvalue weighted by Crippen LogP contribution is -2.14. The van der Waals surface area contributed by atoms with Gasteiger partial charge in [0.25, 0.3) is 0 Å². The monoisotopic (exact) mass is 295 g/mol. The molecule has 0 spiro atoms. The van der Waals surface area contributed by atoms with Crippen LogP contribution in [0.3, 0.4) is 0 Å². The van der Waals surface area contributed by atoms with E-state index in [2.05, 4.69) is 39.4 Å². The number of nitrogens with one attached hydrogen (secondary N) is 2. The predicted octanol–water partition coefficient (Wildman–Crippen LogP) is 1.30. The van der Waals surface area contributed by atoms with Crippen molar-refractivity contribution in [1.82, 2.24) is 15.0 Å². The van der Waals surface area contributed by atoms with Gasteiger partial charge in [0.05, 0.1) is 0 Å². The van der Waals surface area contributed by atoms with Crippen LogP contribution in [0.15, 0.2) is 0 Å². The van der Waals surface area contributed by atoms with Crippen LogP contribution in [0.1, 0.15) is 51.3 Å². The molecule has 0 fully saturated rings. The lowest BCUT2D eigenvalue weighted by molar-refractivity contribution is 0.738. The Labute approximate surface area is 127 Å². The molecular formula is C14H29N7. The molecule has 0 radical (unpaired) electrons. The first-order valence-corrected chi connectivity index (χ1v) is 7.81. The lowest BCUT2D eigenvalue weighted by Gasteiger charge is -2.11. The quantitative estimate of drug-likeness (QED) is 0.455. The molecule has 0 amide bonds. The van der Waals surface area contributed by atoms with E-state index < -0.39 is 0 Å². The Kier molecular flexibility index (Phi) is 8.61. The number of nitrogens with zero attached hydrogens (tertiary/aromatic N) is 3. The Balaban J connectivity index is 2.61. The minimum atomic E-state index is 0.266. The summed E-state index contributed by atoms with van der Waals surface area (Å²) in [7, 11) is 0. The van der Waals surface area contributed by atoms with E-state index in [1.54, 1.807) is 0 Å². The van der Waals surface area contributed by atoms with Crippen LogP contribution in [0.25, 0.3) is 0 Å². The third kappa shape index (κ3) is 7.19. The van der Waals surface area contributed by atoms with Crippen LogP contribution < -0.4 is 22.1 Å². The fourth-order valence-electron chi connectivity index (χ4n) is 1.75. The van der Waals surface area contributed by atoms with E-state index in [0.717, 1.165) is 44.6 Å². The van der Waals surface area contributed by atoms with Gasteiger partial charge in [-0.15, -0.1) is 0 Å². The SMILES string of the molecule is CC(C)c1nc(NCCCCN)nc(NCCCCN)n1. The zero-order valence-electron chi connectivity index (χ0n) is 13.2. The van der Waals surface area contributed by atoms with Gasteiger partial charge in [-0.2, -0.15) is 15.0 Å². The molecule has 0 saturated heterocycles. The zero-order valence-corrected chi connectivity index (χ0v) is 13.2. The van der Waals surface area contributed by atoms with Gasteiger partial charge in [-0.25, -0.2) is 0 Å². The Morgan fingerprint density at radius 3 is 1.67 bits per heavy atom. The number of unbranched alkanes of at least 4 members (excludes halogenated alkanes) is 2. The maximum atomic E-state index is 5.49. The van der Waals surface area contributed by atoms with Gasteiger partial charge in [0.15, 0.2) is 0 Å². The standard InChI is InChI=1S/C14H29N7/c1-11(2)12-19-13(17-9-5-3-7-15)21-14(20-12)18-10-6-4-8-16/h11H,3-10,15-16H2,1-2H3,(H2,17,18,19,20,21). The summed E-state index contributed by atoms with van der Waals surface area (Å²) >= 11 is 0. The normalized spacial score (nSPS) is 10.9. The first-order chi connectivity index (χ1) is 10.2. The summed E-state index contributed by atoms with van der Waals surface area (Å²) in [5, 5.41) is 6.48. The second-order valence-corrected chi connectivity index (χ2v) is 5.34. The van der Waals surface area contributed by atoms with Crippen LogP contribution in [0.2, 0.25) is 0 Å². The fourth-order valence-corrected chi connectivity index (χ4v) is 1.75. The highest BCUT2D eigenvalue weighted by Crippen LogP contribution is 2.13. The van der Waals surface area contributed by atoms with Crippen molar-refractivity contribution >= 4 is 11.9 Å². The molecule has 120 valence electrons. The van der Waals surface area contributed by atoms with E-state index in [0.29, 0.717) is 25.0 Å². The van der Waals surface area contributed by atoms with Crippen molar-refractivity contribution in [1.29, 1.82) is 0 Å². The molecule has 0 aliphatic rings. The highest BCUT2D eigenvalue weighted by Gasteiger charge is 2.09. The van der Waals surface area contributed by atoms with Crippen LogP contribution in [0.4, 0.5) is 11.9 Å². The summed E-state index contributed by atoms with van der Waals surface area (Å²) in [6.45, 7) is 7.22. The van der Waals surface area contributed by atoms with E-state index in [1.807, 2.05) is 0 Å². The second kappa shape index (κ2) is 10.3. The van der Waals surface area contributed by atoms with Crippen molar-refractivity contribution < 1.29 is 0 Å². The smallest absolute Gasteiger partial charge is 0.227 e. The first-order valence-electron chi connectivity index (χ1n) is 7.81. The summed E-state index contributed by atoms with van der Waals surface area (Å²) in [6.07, 6.45) is 4.02. The molecule has 0 saturated carbocycles. The van der Waals surface area contributed by atoms with Gasteiger partial charge in [-0.1, -0.05) is 13.8 Å². The molecule has 21 heavy (non-hydrogen) atoms. The molecule has 0 bridgehead atoms. The maximum absolute atomic E-state index is 5.49. The third-order valence-corrected chi connectivity index (χ3v) is 3.00. The van der Waals surface area contributed by atoms with Crippen molar-refractivity contribution in [3.63, 3.8) is 0 Å². The van der Waals surface area contributed by atoms with Gasteiger partial charge < -0.3 is 22.1 Å². The molecule has 7 nitrogen and oxygen atoms in total. The van der Waals surface area contributed by atoms with E-state index in [9.17, 15) is 0 Å². The number of anilines is 2. The predicted molar refractivity (Wildman–Crippen MR) is 87.5 cm³/mol. The van der Waals surface area contributed by atoms with Crippen molar-refractivity contribution in [3.05, 3.63) is 5.82 Å². The minimum Gasteiger partial charge on any atom is -0.354 e. The van der Waals surface area contributed by atoms with E-state index >= 15 is 0 Å². The van der Waals surface area contributed by atoms with Gasteiger partial charge in [0.1, 0.15) is 5.82 Å². The van der Waals surface area contributed by atoms with E-state index in [1.165, 1.54) is 0 Å². The summed E-state index contributed by atoms with van der Waals surface area (Å²) < 4.78 is 0. The van der Waals surface area contributed by atoms with Crippen LogP contribution >= 0.6 is 0 Å². The molecule has 6 N–H and O–H groups in total. The Morgan fingerprint density at radius 1 is 0.810 bits per heavy atom. The minimum absolute atomic E-state index is 0.266. The van der Waals surface area contributed by atoms with Crippen LogP contribution in [-0.2, 0) is 0 Å². The first kappa shape index (κ1) is 17.6. The number of rotatable bonds is 11. The maximum Gasteiger partial charge on any atom is 0.227 e. The summed E-state index contributed by atoms with van der Waals surface area (Å²) in [5.41, 5.74) is 11.0. The number of nitrogens with two attached hydrogens (primary N) is 2. The van der Waals surface area contributed by atoms with Crippen molar-refractivity contribution in [2.24, 2.45) is 11.5 Å². The average molecular weight is 295 g/mol. The van der Waals surface area contributed by atoms with Gasteiger partial charge >= 0.3 is 0 Å². The molecule has 0 aliphatic carbocycles. The number of hydrogen-bond donors (Lipinski definition) is 4.